The van der Waals surface area contributed by atoms with Crippen LogP contribution < -0.4 is 5.32 Å². The highest BCUT2D eigenvalue weighted by molar-refractivity contribution is 4.99. The molecule has 0 aromatic carbocycles. The Kier molecular flexibility index (Phi) is 2.82. The third kappa shape index (κ3) is 1.95. The summed E-state index contributed by atoms with van der Waals surface area (Å²) in [6.45, 7) is 6.23. The van der Waals surface area contributed by atoms with Crippen LogP contribution in [0.1, 0.15) is 50.2 Å². The number of piperidine rings is 1. The first-order valence-corrected chi connectivity index (χ1v) is 5.31. The van der Waals surface area contributed by atoms with E-state index in [1.165, 1.54) is 12.8 Å². The van der Waals surface area contributed by atoms with Crippen LogP contribution in [0.2, 0.25) is 0 Å². The second-order valence-electron chi connectivity index (χ2n) is 4.19. The largest absolute Gasteiger partial charge is 0.339 e. The van der Waals surface area contributed by atoms with Crippen molar-refractivity contribution in [2.45, 2.75) is 38.5 Å². The Labute approximate surface area is 84.1 Å². The van der Waals surface area contributed by atoms with Gasteiger partial charge >= 0.3 is 0 Å². The molecule has 14 heavy (non-hydrogen) atoms. The smallest absolute Gasteiger partial charge is 0.229 e. The summed E-state index contributed by atoms with van der Waals surface area (Å²) >= 11 is 0. The third-order valence-electron chi connectivity index (χ3n) is 2.61. The van der Waals surface area contributed by atoms with E-state index in [9.17, 15) is 0 Å². The fraction of sp³-hybridized carbons (Fsp3) is 0.800. The SMILES string of the molecule is CC(C)c1nc(C2CCCNC2)no1. The highest BCUT2D eigenvalue weighted by atomic mass is 16.5. The summed E-state index contributed by atoms with van der Waals surface area (Å²) in [6.07, 6.45) is 2.38. The molecule has 2 heterocycles. The van der Waals surface area contributed by atoms with Crippen molar-refractivity contribution < 1.29 is 4.52 Å². The van der Waals surface area contributed by atoms with Crippen molar-refractivity contribution in [1.82, 2.24) is 15.5 Å². The van der Waals surface area contributed by atoms with Gasteiger partial charge in [-0.2, -0.15) is 4.98 Å². The average molecular weight is 195 g/mol. The molecule has 2 rings (SSSR count). The van der Waals surface area contributed by atoms with Crippen molar-refractivity contribution in [2.75, 3.05) is 13.1 Å². The molecule has 0 amide bonds. The van der Waals surface area contributed by atoms with Crippen molar-refractivity contribution >= 4 is 0 Å². The number of aromatic nitrogens is 2. The van der Waals surface area contributed by atoms with E-state index in [1.54, 1.807) is 0 Å². The minimum absolute atomic E-state index is 0.327. The molecule has 1 atom stereocenters. The second-order valence-corrected chi connectivity index (χ2v) is 4.19. The Balaban J connectivity index is 2.07. The van der Waals surface area contributed by atoms with Gasteiger partial charge in [0.05, 0.1) is 0 Å². The summed E-state index contributed by atoms with van der Waals surface area (Å²) in [5.41, 5.74) is 0. The number of hydrogen-bond acceptors (Lipinski definition) is 4. The minimum atomic E-state index is 0.327. The van der Waals surface area contributed by atoms with Crippen molar-refractivity contribution in [1.29, 1.82) is 0 Å². The summed E-state index contributed by atoms with van der Waals surface area (Å²) in [4.78, 5) is 4.42. The Morgan fingerprint density at radius 3 is 2.93 bits per heavy atom. The topological polar surface area (TPSA) is 51.0 Å². The predicted molar refractivity (Wildman–Crippen MR) is 53.2 cm³/mol. The van der Waals surface area contributed by atoms with Gasteiger partial charge in [0.2, 0.25) is 5.89 Å². The molecule has 1 N–H and O–H groups in total. The lowest BCUT2D eigenvalue weighted by Gasteiger charge is -2.19. The van der Waals surface area contributed by atoms with Crippen LogP contribution in [-0.4, -0.2) is 23.2 Å². The molecule has 4 heteroatoms. The van der Waals surface area contributed by atoms with Gasteiger partial charge < -0.3 is 9.84 Å². The zero-order chi connectivity index (χ0) is 9.97. The van der Waals surface area contributed by atoms with Crippen LogP contribution in [-0.2, 0) is 0 Å². The molecule has 0 bridgehead atoms. The van der Waals surface area contributed by atoms with Crippen LogP contribution in [0.4, 0.5) is 0 Å². The minimum Gasteiger partial charge on any atom is -0.339 e. The van der Waals surface area contributed by atoms with Crippen LogP contribution in [0.3, 0.4) is 0 Å². The lowest BCUT2D eigenvalue weighted by atomic mass is 9.99. The molecule has 0 spiro atoms. The molecule has 0 saturated carbocycles. The first-order chi connectivity index (χ1) is 6.77. The molecule has 4 nitrogen and oxygen atoms in total. The van der Waals surface area contributed by atoms with E-state index in [0.29, 0.717) is 11.8 Å². The summed E-state index contributed by atoms with van der Waals surface area (Å²) in [6, 6.07) is 0. The summed E-state index contributed by atoms with van der Waals surface area (Å²) in [7, 11) is 0. The zero-order valence-electron chi connectivity index (χ0n) is 8.79. The fourth-order valence-electron chi connectivity index (χ4n) is 1.72. The molecular weight excluding hydrogens is 178 g/mol. The van der Waals surface area contributed by atoms with E-state index in [0.717, 1.165) is 24.8 Å². The Morgan fingerprint density at radius 2 is 2.36 bits per heavy atom. The van der Waals surface area contributed by atoms with Crippen molar-refractivity contribution in [2.24, 2.45) is 0 Å². The fourth-order valence-corrected chi connectivity index (χ4v) is 1.72. The lowest BCUT2D eigenvalue weighted by molar-refractivity contribution is 0.351. The number of nitrogens with one attached hydrogen (secondary N) is 1. The number of rotatable bonds is 2. The highest BCUT2D eigenvalue weighted by Gasteiger charge is 2.21. The molecule has 1 aliphatic heterocycles. The van der Waals surface area contributed by atoms with E-state index < -0.39 is 0 Å². The van der Waals surface area contributed by atoms with E-state index in [-0.39, 0.29) is 0 Å². The van der Waals surface area contributed by atoms with Gasteiger partial charge in [-0.25, -0.2) is 0 Å². The van der Waals surface area contributed by atoms with Gasteiger partial charge in [0.25, 0.3) is 0 Å². The first kappa shape index (κ1) is 9.65. The van der Waals surface area contributed by atoms with E-state index >= 15 is 0 Å². The number of hydrogen-bond donors (Lipinski definition) is 1. The first-order valence-electron chi connectivity index (χ1n) is 5.31. The molecule has 78 valence electrons. The Bertz CT molecular complexity index is 289. The summed E-state index contributed by atoms with van der Waals surface area (Å²) in [5.74, 6) is 2.40. The van der Waals surface area contributed by atoms with Crippen LogP contribution >= 0.6 is 0 Å². The van der Waals surface area contributed by atoms with Gasteiger partial charge in [-0.15, -0.1) is 0 Å². The van der Waals surface area contributed by atoms with Crippen molar-refractivity contribution in [3.63, 3.8) is 0 Å². The average Bonchev–Trinajstić information content (AvgIpc) is 2.68. The molecule has 0 aliphatic carbocycles. The van der Waals surface area contributed by atoms with E-state index in [2.05, 4.69) is 29.3 Å². The Morgan fingerprint density at radius 1 is 1.50 bits per heavy atom. The maximum atomic E-state index is 5.19. The standard InChI is InChI=1S/C10H17N3O/c1-7(2)10-12-9(13-14-10)8-4-3-5-11-6-8/h7-8,11H,3-6H2,1-2H3. The molecule has 1 fully saturated rings. The second kappa shape index (κ2) is 4.09. The number of nitrogens with zero attached hydrogens (tertiary/aromatic N) is 2. The normalized spacial score (nSPS) is 22.9. The quantitative estimate of drug-likeness (QED) is 0.779. The van der Waals surface area contributed by atoms with Gasteiger partial charge in [0.15, 0.2) is 5.82 Å². The third-order valence-corrected chi connectivity index (χ3v) is 2.61. The molecular formula is C10H17N3O. The van der Waals surface area contributed by atoms with Gasteiger partial charge in [-0.05, 0) is 19.4 Å². The van der Waals surface area contributed by atoms with Crippen LogP contribution in [0.5, 0.6) is 0 Å². The molecule has 1 aliphatic rings. The molecule has 1 unspecified atom stereocenters. The van der Waals surface area contributed by atoms with Crippen molar-refractivity contribution in [3.05, 3.63) is 11.7 Å². The predicted octanol–water partition coefficient (Wildman–Crippen LogP) is 1.66. The van der Waals surface area contributed by atoms with Crippen LogP contribution in [0.25, 0.3) is 0 Å². The molecule has 1 aromatic heterocycles. The molecule has 1 aromatic rings. The maximum absolute atomic E-state index is 5.19. The van der Waals surface area contributed by atoms with E-state index in [4.69, 9.17) is 4.52 Å². The summed E-state index contributed by atoms with van der Waals surface area (Å²) in [5, 5.41) is 7.39. The monoisotopic (exact) mass is 195 g/mol. The van der Waals surface area contributed by atoms with Gasteiger partial charge in [0, 0.05) is 18.4 Å². The maximum Gasteiger partial charge on any atom is 0.229 e. The molecule has 0 radical (unpaired) electrons. The molecule has 1 saturated heterocycles. The highest BCUT2D eigenvalue weighted by Crippen LogP contribution is 2.22. The van der Waals surface area contributed by atoms with Crippen LogP contribution in [0.15, 0.2) is 4.52 Å². The lowest BCUT2D eigenvalue weighted by Crippen LogP contribution is -2.28. The Hall–Kier alpha value is -0.900. The van der Waals surface area contributed by atoms with Crippen LogP contribution in [0, 0.1) is 0 Å². The van der Waals surface area contributed by atoms with E-state index in [1.807, 2.05) is 0 Å². The zero-order valence-corrected chi connectivity index (χ0v) is 8.79. The van der Waals surface area contributed by atoms with Crippen molar-refractivity contribution in [3.8, 4) is 0 Å². The summed E-state index contributed by atoms with van der Waals surface area (Å²) < 4.78 is 5.19. The van der Waals surface area contributed by atoms with Gasteiger partial charge in [-0.1, -0.05) is 19.0 Å². The van der Waals surface area contributed by atoms with Gasteiger partial charge in [-0.3, -0.25) is 0 Å². The van der Waals surface area contributed by atoms with Gasteiger partial charge in [0.1, 0.15) is 0 Å².